The number of nitrogens with zero attached hydrogens (tertiary/aromatic N) is 3. The van der Waals surface area contributed by atoms with Crippen LogP contribution >= 0.6 is 23.2 Å². The monoisotopic (exact) mass is 416 g/mol. The van der Waals surface area contributed by atoms with Crippen molar-refractivity contribution in [1.82, 2.24) is 10.2 Å². The molecule has 0 saturated heterocycles. The maximum Gasteiger partial charge on any atom is 0.252 e. The van der Waals surface area contributed by atoms with E-state index in [1.807, 2.05) is 11.9 Å². The van der Waals surface area contributed by atoms with Crippen LogP contribution in [0.3, 0.4) is 0 Å². The van der Waals surface area contributed by atoms with E-state index in [1.165, 1.54) is 12.1 Å². The van der Waals surface area contributed by atoms with Crippen LogP contribution in [0.1, 0.15) is 27.5 Å². The van der Waals surface area contributed by atoms with E-state index in [-0.39, 0.29) is 11.1 Å². The summed E-state index contributed by atoms with van der Waals surface area (Å²) in [6, 6.07) is 11.9. The van der Waals surface area contributed by atoms with Crippen molar-refractivity contribution in [2.45, 2.75) is 6.04 Å². The lowest BCUT2D eigenvalue weighted by Gasteiger charge is -2.31. The first kappa shape index (κ1) is 19.9. The Bertz CT molecular complexity index is 1010. The van der Waals surface area contributed by atoms with Crippen LogP contribution in [0.25, 0.3) is 0 Å². The molecule has 2 aromatic rings. The molecule has 0 bridgehead atoms. The molecule has 1 N–H and O–H groups in total. The molecule has 0 saturated carbocycles. The van der Waals surface area contributed by atoms with E-state index < -0.39 is 17.8 Å². The molecule has 2 aromatic carbocycles. The predicted octanol–water partition coefficient (Wildman–Crippen LogP) is 4.25. The Kier molecular flexibility index (Phi) is 5.98. The smallest absolute Gasteiger partial charge is 0.252 e. The van der Waals surface area contributed by atoms with E-state index in [1.54, 1.807) is 36.5 Å². The fourth-order valence-electron chi connectivity index (χ4n) is 2.80. The molecule has 1 aliphatic rings. The quantitative estimate of drug-likeness (QED) is 0.809. The molecule has 1 aliphatic heterocycles. The minimum Gasteiger partial charge on any atom is -0.368 e. The van der Waals surface area contributed by atoms with Crippen LogP contribution in [0.15, 0.2) is 59.4 Å². The Morgan fingerprint density at radius 3 is 2.61 bits per heavy atom. The molecule has 8 heteroatoms. The predicted molar refractivity (Wildman–Crippen MR) is 107 cm³/mol. The largest absolute Gasteiger partial charge is 0.368 e. The van der Waals surface area contributed by atoms with Gasteiger partial charge in [-0.05, 0) is 35.9 Å². The molecule has 142 valence electrons. The van der Waals surface area contributed by atoms with Gasteiger partial charge >= 0.3 is 0 Å². The van der Waals surface area contributed by atoms with Gasteiger partial charge in [-0.25, -0.2) is 9.38 Å². The van der Waals surface area contributed by atoms with Crippen molar-refractivity contribution in [2.75, 3.05) is 13.6 Å². The SMILES string of the molecule is CN1CC(Cl)=NC=C1C(NC(=O)c1ccc(C#N)c(F)c1)c1ccc(Cl)cc1. The summed E-state index contributed by atoms with van der Waals surface area (Å²) in [4.78, 5) is 18.8. The van der Waals surface area contributed by atoms with Gasteiger partial charge in [0.25, 0.3) is 5.91 Å². The molecule has 28 heavy (non-hydrogen) atoms. The highest BCUT2D eigenvalue weighted by atomic mass is 35.5. The number of halogens is 3. The normalized spacial score (nSPS) is 14.6. The average Bonchev–Trinajstić information content (AvgIpc) is 2.67. The molecule has 0 fully saturated rings. The Balaban J connectivity index is 1.95. The number of aliphatic imine (C=N–C) groups is 1. The second-order valence-electron chi connectivity index (χ2n) is 6.18. The third kappa shape index (κ3) is 4.33. The molecular formula is C20H15Cl2FN4O. The molecule has 0 spiro atoms. The van der Waals surface area contributed by atoms with Crippen molar-refractivity contribution >= 4 is 34.3 Å². The third-order valence-corrected chi connectivity index (χ3v) is 4.74. The minimum absolute atomic E-state index is 0.107. The van der Waals surface area contributed by atoms with Crippen LogP contribution in [0.5, 0.6) is 0 Å². The number of likely N-dealkylation sites (N-methyl/N-ethyl adjacent to an activating group) is 1. The Morgan fingerprint density at radius 1 is 1.29 bits per heavy atom. The Morgan fingerprint density at radius 2 is 2.00 bits per heavy atom. The molecule has 0 aliphatic carbocycles. The summed E-state index contributed by atoms with van der Waals surface area (Å²) in [7, 11) is 1.83. The fraction of sp³-hybridized carbons (Fsp3) is 0.150. The summed E-state index contributed by atoms with van der Waals surface area (Å²) in [6.07, 6.45) is 1.59. The number of amides is 1. The van der Waals surface area contributed by atoms with Crippen LogP contribution in [0, 0.1) is 17.1 Å². The molecule has 5 nitrogen and oxygen atoms in total. The van der Waals surface area contributed by atoms with Gasteiger partial charge < -0.3 is 10.2 Å². The van der Waals surface area contributed by atoms with Crippen LogP contribution in [0.2, 0.25) is 5.02 Å². The molecule has 1 atom stereocenters. The number of nitriles is 1. The molecular weight excluding hydrogens is 402 g/mol. The van der Waals surface area contributed by atoms with Gasteiger partial charge in [0.15, 0.2) is 0 Å². The van der Waals surface area contributed by atoms with Gasteiger partial charge in [0, 0.05) is 23.8 Å². The highest BCUT2D eigenvalue weighted by molar-refractivity contribution is 6.66. The first-order valence-corrected chi connectivity index (χ1v) is 9.04. The number of carbonyl (C=O) groups is 1. The molecule has 1 unspecified atom stereocenters. The highest BCUT2D eigenvalue weighted by Crippen LogP contribution is 2.28. The van der Waals surface area contributed by atoms with Crippen molar-refractivity contribution < 1.29 is 9.18 Å². The minimum atomic E-state index is -0.747. The van der Waals surface area contributed by atoms with Gasteiger partial charge in [-0.15, -0.1) is 0 Å². The second kappa shape index (κ2) is 8.42. The van der Waals surface area contributed by atoms with Gasteiger partial charge in [-0.2, -0.15) is 5.26 Å². The van der Waals surface area contributed by atoms with Gasteiger partial charge in [0.2, 0.25) is 0 Å². The van der Waals surface area contributed by atoms with E-state index in [2.05, 4.69) is 10.3 Å². The molecule has 3 rings (SSSR count). The molecule has 1 heterocycles. The lowest BCUT2D eigenvalue weighted by Crippen LogP contribution is -2.37. The zero-order chi connectivity index (χ0) is 20.3. The Labute approximate surface area is 171 Å². The summed E-state index contributed by atoms with van der Waals surface area (Å²) in [5.74, 6) is -1.23. The van der Waals surface area contributed by atoms with Gasteiger partial charge in [0.1, 0.15) is 17.1 Å². The van der Waals surface area contributed by atoms with Crippen molar-refractivity contribution in [3.8, 4) is 6.07 Å². The number of rotatable bonds is 4. The van der Waals surface area contributed by atoms with Gasteiger partial charge in [0.05, 0.1) is 23.8 Å². The van der Waals surface area contributed by atoms with Crippen molar-refractivity contribution in [3.63, 3.8) is 0 Å². The first-order valence-electron chi connectivity index (χ1n) is 8.28. The topological polar surface area (TPSA) is 68.5 Å². The van der Waals surface area contributed by atoms with E-state index in [0.29, 0.717) is 22.4 Å². The molecule has 0 radical (unpaired) electrons. The van der Waals surface area contributed by atoms with Crippen LogP contribution in [-0.4, -0.2) is 29.6 Å². The van der Waals surface area contributed by atoms with Crippen LogP contribution in [0.4, 0.5) is 4.39 Å². The Hall–Kier alpha value is -2.88. The number of hydrogen-bond acceptors (Lipinski definition) is 4. The maximum absolute atomic E-state index is 13.9. The summed E-state index contributed by atoms with van der Waals surface area (Å²) in [6.45, 7) is 0.402. The van der Waals surface area contributed by atoms with Crippen molar-refractivity contribution in [1.29, 1.82) is 5.26 Å². The van der Waals surface area contributed by atoms with E-state index in [4.69, 9.17) is 28.5 Å². The zero-order valence-electron chi connectivity index (χ0n) is 14.8. The molecule has 0 aromatic heterocycles. The van der Waals surface area contributed by atoms with Crippen LogP contribution in [-0.2, 0) is 0 Å². The lowest BCUT2D eigenvalue weighted by molar-refractivity contribution is 0.0937. The maximum atomic E-state index is 13.9. The summed E-state index contributed by atoms with van der Waals surface area (Å²) in [5.41, 5.74) is 1.48. The van der Waals surface area contributed by atoms with E-state index in [9.17, 15) is 9.18 Å². The highest BCUT2D eigenvalue weighted by Gasteiger charge is 2.25. The standard InChI is InChI=1S/C20H15Cl2FN4O/c1-27-11-18(22)25-10-17(27)19(12-4-6-15(21)7-5-12)26-20(28)13-2-3-14(9-24)16(23)8-13/h2-8,10,19H,11H2,1H3,(H,26,28). The number of hydrogen-bond donors (Lipinski definition) is 1. The van der Waals surface area contributed by atoms with Gasteiger partial charge in [-0.1, -0.05) is 35.3 Å². The van der Waals surface area contributed by atoms with Gasteiger partial charge in [-0.3, -0.25) is 4.79 Å². The first-order chi connectivity index (χ1) is 13.4. The lowest BCUT2D eigenvalue weighted by atomic mass is 10.0. The second-order valence-corrected chi connectivity index (χ2v) is 7.05. The number of nitrogens with one attached hydrogen (secondary N) is 1. The summed E-state index contributed by atoms with van der Waals surface area (Å²) < 4.78 is 13.9. The summed E-state index contributed by atoms with van der Waals surface area (Å²) >= 11 is 12.0. The molecule has 1 amide bonds. The number of carbonyl (C=O) groups excluding carboxylic acids is 1. The van der Waals surface area contributed by atoms with Crippen molar-refractivity contribution in [2.24, 2.45) is 4.99 Å². The van der Waals surface area contributed by atoms with Crippen LogP contribution < -0.4 is 5.32 Å². The average molecular weight is 417 g/mol. The summed E-state index contributed by atoms with van der Waals surface area (Å²) in [5, 5.41) is 12.7. The third-order valence-electron chi connectivity index (χ3n) is 4.27. The zero-order valence-corrected chi connectivity index (χ0v) is 16.3. The van der Waals surface area contributed by atoms with E-state index in [0.717, 1.165) is 11.6 Å². The van der Waals surface area contributed by atoms with E-state index >= 15 is 0 Å². The fourth-order valence-corrected chi connectivity index (χ4v) is 3.16. The number of benzene rings is 2. The van der Waals surface area contributed by atoms with Crippen molar-refractivity contribution in [3.05, 3.63) is 81.9 Å².